The van der Waals surface area contributed by atoms with Crippen molar-refractivity contribution in [2.75, 3.05) is 0 Å². The van der Waals surface area contributed by atoms with Gasteiger partial charge in [0.1, 0.15) is 11.0 Å². The van der Waals surface area contributed by atoms with E-state index in [-0.39, 0.29) is 23.4 Å². The molecule has 0 bridgehead atoms. The first-order chi connectivity index (χ1) is 20.1. The van der Waals surface area contributed by atoms with Crippen LogP contribution < -0.4 is 5.56 Å². The van der Waals surface area contributed by atoms with Gasteiger partial charge in [0.05, 0.1) is 10.9 Å². The van der Waals surface area contributed by atoms with E-state index in [1.807, 2.05) is 18.2 Å². The highest BCUT2D eigenvalue weighted by molar-refractivity contribution is 6.30. The summed E-state index contributed by atoms with van der Waals surface area (Å²) in [6, 6.07) is 16.0. The van der Waals surface area contributed by atoms with Gasteiger partial charge in [-0.1, -0.05) is 36.7 Å². The predicted octanol–water partition coefficient (Wildman–Crippen LogP) is 7.51. The lowest BCUT2D eigenvalue weighted by Crippen LogP contribution is -2.29. The van der Waals surface area contributed by atoms with Crippen LogP contribution in [-0.4, -0.2) is 26.6 Å². The zero-order valence-electron chi connectivity index (χ0n) is 25.4. The number of rotatable bonds is 6. The van der Waals surface area contributed by atoms with E-state index in [1.54, 1.807) is 40.7 Å². The SMILES string of the molecule is C/C(C(=O)O)=C(\c1cc(C)c(F)cc1C)c1cccn(COC(=O)C(C)(C)C)c1=O.CCc1cc2ccccc2nc1Cl. The number of fused-ring (bicyclic) bond motifs is 1. The Bertz CT molecular complexity index is 1770. The number of ether oxygens (including phenoxy) is 1. The van der Waals surface area contributed by atoms with Crippen LogP contribution in [0.25, 0.3) is 16.5 Å². The Morgan fingerprint density at radius 3 is 2.33 bits per heavy atom. The number of aromatic nitrogens is 2. The minimum Gasteiger partial charge on any atom is -0.478 e. The number of carbonyl (C=O) groups is 2. The standard InChI is InChI=1S/C23H26FNO5.C11H10ClN/c1-13-11-18(24)14(2)10-17(13)19(15(3)21(27)28)16-8-7-9-25(20(16)26)12-30-22(29)23(4,5)6;1-2-8-7-9-5-3-4-6-10(9)13-11(8)12/h7-11H,12H2,1-6H3,(H,27,28);3-7H,2H2,1H3/b19-15+;. The fraction of sp³-hybridized carbons (Fsp3) is 0.294. The van der Waals surface area contributed by atoms with Crippen LogP contribution in [0.3, 0.4) is 0 Å². The third-order valence-electron chi connectivity index (χ3n) is 6.84. The topological polar surface area (TPSA) is 98.5 Å². The quantitative estimate of drug-likeness (QED) is 0.139. The molecule has 43 heavy (non-hydrogen) atoms. The Morgan fingerprint density at radius 1 is 1.02 bits per heavy atom. The molecule has 0 aliphatic rings. The maximum absolute atomic E-state index is 14.0. The molecule has 2 heterocycles. The van der Waals surface area contributed by atoms with Crippen molar-refractivity contribution >= 4 is 40.0 Å². The molecule has 2 aromatic heterocycles. The summed E-state index contributed by atoms with van der Waals surface area (Å²) < 4.78 is 20.4. The molecule has 0 fully saturated rings. The van der Waals surface area contributed by atoms with Gasteiger partial charge in [-0.2, -0.15) is 0 Å². The first kappa shape index (κ1) is 33.2. The van der Waals surface area contributed by atoms with Crippen LogP contribution in [0.5, 0.6) is 0 Å². The van der Waals surface area contributed by atoms with E-state index < -0.39 is 28.7 Å². The molecule has 7 nitrogen and oxygen atoms in total. The van der Waals surface area contributed by atoms with Crippen molar-refractivity contribution in [1.29, 1.82) is 0 Å². The van der Waals surface area contributed by atoms with Crippen molar-refractivity contribution in [3.8, 4) is 0 Å². The van der Waals surface area contributed by atoms with Gasteiger partial charge < -0.3 is 9.84 Å². The molecule has 0 radical (unpaired) electrons. The van der Waals surface area contributed by atoms with Gasteiger partial charge in [0.15, 0.2) is 6.73 Å². The molecule has 9 heteroatoms. The minimum absolute atomic E-state index is 0.0503. The molecule has 0 amide bonds. The van der Waals surface area contributed by atoms with E-state index in [4.69, 9.17) is 16.3 Å². The average molecular weight is 607 g/mol. The third kappa shape index (κ3) is 7.96. The van der Waals surface area contributed by atoms with Crippen LogP contribution in [0, 0.1) is 25.1 Å². The summed E-state index contributed by atoms with van der Waals surface area (Å²) in [6.07, 6.45) is 2.38. The van der Waals surface area contributed by atoms with Gasteiger partial charge in [0.25, 0.3) is 5.56 Å². The van der Waals surface area contributed by atoms with E-state index in [0.29, 0.717) is 21.8 Å². The number of carboxylic acid groups (broad SMARTS) is 1. The van der Waals surface area contributed by atoms with Gasteiger partial charge in [0, 0.05) is 28.3 Å². The van der Waals surface area contributed by atoms with E-state index in [2.05, 4.69) is 24.0 Å². The smallest absolute Gasteiger partial charge is 0.331 e. The fourth-order valence-electron chi connectivity index (χ4n) is 4.26. The molecule has 0 saturated carbocycles. The number of aliphatic carboxylic acids is 1. The average Bonchev–Trinajstić information content (AvgIpc) is 2.95. The predicted molar refractivity (Wildman–Crippen MR) is 168 cm³/mol. The Balaban J connectivity index is 0.000000321. The highest BCUT2D eigenvalue weighted by Gasteiger charge is 2.24. The number of nitrogens with zero attached hydrogens (tertiary/aromatic N) is 2. The number of halogens is 2. The van der Waals surface area contributed by atoms with Crippen molar-refractivity contribution in [1.82, 2.24) is 9.55 Å². The number of aryl methyl sites for hydroxylation is 3. The lowest BCUT2D eigenvalue weighted by Gasteiger charge is -2.18. The first-order valence-electron chi connectivity index (χ1n) is 13.8. The number of benzene rings is 2. The Morgan fingerprint density at radius 2 is 1.70 bits per heavy atom. The Labute approximate surface area is 255 Å². The highest BCUT2D eigenvalue weighted by Crippen LogP contribution is 2.30. The number of hydrogen-bond donors (Lipinski definition) is 1. The van der Waals surface area contributed by atoms with Gasteiger partial charge in [-0.25, -0.2) is 14.2 Å². The van der Waals surface area contributed by atoms with Crippen molar-refractivity contribution in [2.24, 2.45) is 5.41 Å². The largest absolute Gasteiger partial charge is 0.478 e. The van der Waals surface area contributed by atoms with Crippen molar-refractivity contribution < 1.29 is 23.8 Å². The summed E-state index contributed by atoms with van der Waals surface area (Å²) in [5, 5.41) is 11.4. The van der Waals surface area contributed by atoms with E-state index in [1.165, 1.54) is 35.9 Å². The molecule has 4 rings (SSSR count). The van der Waals surface area contributed by atoms with Crippen molar-refractivity contribution in [3.05, 3.63) is 116 Å². The van der Waals surface area contributed by atoms with Gasteiger partial charge in [-0.15, -0.1) is 0 Å². The number of carbonyl (C=O) groups excluding carboxylic acids is 1. The van der Waals surface area contributed by atoms with E-state index in [0.717, 1.165) is 22.9 Å². The molecule has 1 N–H and O–H groups in total. The van der Waals surface area contributed by atoms with Crippen molar-refractivity contribution in [3.63, 3.8) is 0 Å². The molecule has 226 valence electrons. The summed E-state index contributed by atoms with van der Waals surface area (Å²) in [7, 11) is 0. The fourth-order valence-corrected chi connectivity index (χ4v) is 4.54. The number of hydrogen-bond acceptors (Lipinski definition) is 5. The lowest BCUT2D eigenvalue weighted by atomic mass is 9.90. The number of para-hydroxylation sites is 1. The first-order valence-corrected chi connectivity index (χ1v) is 14.2. The van der Waals surface area contributed by atoms with Gasteiger partial charge in [-0.3, -0.25) is 14.2 Å². The van der Waals surface area contributed by atoms with Crippen molar-refractivity contribution in [2.45, 2.75) is 61.6 Å². The maximum Gasteiger partial charge on any atom is 0.331 e. The molecule has 0 unspecified atom stereocenters. The minimum atomic E-state index is -1.19. The number of carboxylic acids is 1. The molecule has 0 aliphatic heterocycles. The van der Waals surface area contributed by atoms with E-state index >= 15 is 0 Å². The second kappa shape index (κ2) is 13.8. The Hall–Kier alpha value is -4.30. The molecule has 0 aliphatic carbocycles. The summed E-state index contributed by atoms with van der Waals surface area (Å²) in [4.78, 5) is 41.2. The second-order valence-electron chi connectivity index (χ2n) is 11.2. The molecule has 0 saturated heterocycles. The highest BCUT2D eigenvalue weighted by atomic mass is 35.5. The second-order valence-corrected chi connectivity index (χ2v) is 11.6. The number of esters is 1. The summed E-state index contributed by atoms with van der Waals surface area (Å²) in [5.41, 5.74) is 2.39. The lowest BCUT2D eigenvalue weighted by molar-refractivity contribution is -0.157. The molecular formula is C34H36ClFN2O5. The van der Waals surface area contributed by atoms with Gasteiger partial charge in [-0.05, 0) is 107 Å². The Kier molecular flexibility index (Phi) is 10.6. The van der Waals surface area contributed by atoms with Crippen LogP contribution in [0.1, 0.15) is 62.4 Å². The van der Waals surface area contributed by atoms with Crippen LogP contribution in [0.15, 0.2) is 71.2 Å². The van der Waals surface area contributed by atoms with Crippen LogP contribution in [0.2, 0.25) is 5.15 Å². The molecule has 0 atom stereocenters. The van der Waals surface area contributed by atoms with E-state index in [9.17, 15) is 23.9 Å². The van der Waals surface area contributed by atoms with Crippen LogP contribution in [0.4, 0.5) is 4.39 Å². The third-order valence-corrected chi connectivity index (χ3v) is 7.17. The zero-order chi connectivity index (χ0) is 32.1. The van der Waals surface area contributed by atoms with Crippen LogP contribution >= 0.6 is 11.6 Å². The zero-order valence-corrected chi connectivity index (χ0v) is 26.2. The molecule has 4 aromatic rings. The molecule has 2 aromatic carbocycles. The normalized spacial score (nSPS) is 11.8. The summed E-state index contributed by atoms with van der Waals surface area (Å²) in [5.74, 6) is -2.08. The summed E-state index contributed by atoms with van der Waals surface area (Å²) in [6.45, 7) is 11.5. The van der Waals surface area contributed by atoms with Crippen LogP contribution in [-0.2, 0) is 27.5 Å². The van der Waals surface area contributed by atoms with Gasteiger partial charge in [0.2, 0.25) is 0 Å². The molecule has 0 spiro atoms. The molecular weight excluding hydrogens is 571 g/mol. The monoisotopic (exact) mass is 606 g/mol. The van der Waals surface area contributed by atoms with Gasteiger partial charge >= 0.3 is 11.9 Å². The maximum atomic E-state index is 14.0. The summed E-state index contributed by atoms with van der Waals surface area (Å²) >= 11 is 5.99. The number of pyridine rings is 2.